The summed E-state index contributed by atoms with van der Waals surface area (Å²) in [6.45, 7) is 2.78. The average molecular weight is 413 g/mol. The topological polar surface area (TPSA) is 81.4 Å². The number of rotatable bonds is 10. The van der Waals surface area contributed by atoms with Crippen LogP contribution in [0.15, 0.2) is 51.9 Å². The Hall–Kier alpha value is -2.87. The number of nitrogens with zero attached hydrogens (tertiary/aromatic N) is 1. The fraction of sp³-hybridized carbons (Fsp3) is 0.348. The number of phenolic OH excluding ortho intramolecular Hbond substituents is 1. The molecule has 1 aromatic heterocycles. The van der Waals surface area contributed by atoms with Crippen molar-refractivity contribution in [1.82, 2.24) is 4.90 Å². The second kappa shape index (κ2) is 10.2. The third-order valence-electron chi connectivity index (χ3n) is 5.02. The number of aromatic hydroxyl groups is 1. The molecule has 3 aromatic rings. The van der Waals surface area contributed by atoms with Crippen molar-refractivity contribution in [1.29, 1.82) is 0 Å². The Balaban J connectivity index is 2.05. The van der Waals surface area contributed by atoms with Crippen molar-refractivity contribution in [3.05, 3.63) is 58.4 Å². The van der Waals surface area contributed by atoms with E-state index < -0.39 is 0 Å². The molecule has 1 N–H and O–H groups in total. The van der Waals surface area contributed by atoms with E-state index in [1.807, 2.05) is 18.2 Å². The minimum absolute atomic E-state index is 0.0792. The number of fused-ring (bicyclic) bond motifs is 1. The monoisotopic (exact) mass is 413 g/mol. The Kier molecular flexibility index (Phi) is 7.46. The van der Waals surface area contributed by atoms with Crippen molar-refractivity contribution in [2.75, 3.05) is 47.6 Å². The minimum atomic E-state index is -0.178. The highest BCUT2D eigenvalue weighted by atomic mass is 16.5. The van der Waals surface area contributed by atoms with Gasteiger partial charge >= 0.3 is 0 Å². The molecule has 0 fully saturated rings. The molecular weight excluding hydrogens is 386 g/mol. The normalized spacial score (nSPS) is 11.3. The summed E-state index contributed by atoms with van der Waals surface area (Å²) in [5.74, 6) is 0.670. The molecule has 1 heterocycles. The maximum atomic E-state index is 13.2. The quantitative estimate of drug-likeness (QED) is 0.546. The van der Waals surface area contributed by atoms with Crippen LogP contribution in [0.5, 0.6) is 11.5 Å². The Morgan fingerprint density at radius 2 is 1.67 bits per heavy atom. The van der Waals surface area contributed by atoms with E-state index in [1.54, 1.807) is 33.5 Å². The molecule has 0 saturated heterocycles. The molecule has 0 spiro atoms. The van der Waals surface area contributed by atoms with E-state index in [0.29, 0.717) is 66.3 Å². The zero-order chi connectivity index (χ0) is 21.5. The Morgan fingerprint density at radius 3 is 2.33 bits per heavy atom. The summed E-state index contributed by atoms with van der Waals surface area (Å²) < 4.78 is 21.6. The molecule has 0 radical (unpaired) electrons. The first-order valence-electron chi connectivity index (χ1n) is 9.70. The highest BCUT2D eigenvalue weighted by Gasteiger charge is 2.19. The van der Waals surface area contributed by atoms with Crippen LogP contribution in [-0.4, -0.2) is 57.6 Å². The van der Waals surface area contributed by atoms with E-state index in [4.69, 9.17) is 18.6 Å². The molecule has 0 atom stereocenters. The van der Waals surface area contributed by atoms with Gasteiger partial charge in [-0.05, 0) is 18.2 Å². The van der Waals surface area contributed by atoms with Gasteiger partial charge in [-0.15, -0.1) is 0 Å². The van der Waals surface area contributed by atoms with Crippen molar-refractivity contribution < 1.29 is 23.7 Å². The number of hydrogen-bond acceptors (Lipinski definition) is 7. The molecule has 7 heteroatoms. The van der Waals surface area contributed by atoms with Crippen molar-refractivity contribution in [3.8, 4) is 22.6 Å². The molecule has 7 nitrogen and oxygen atoms in total. The van der Waals surface area contributed by atoms with Crippen LogP contribution in [-0.2, 0) is 16.0 Å². The average Bonchev–Trinajstić information content (AvgIpc) is 2.77. The molecule has 160 valence electrons. The van der Waals surface area contributed by atoms with Gasteiger partial charge in [-0.2, -0.15) is 0 Å². The molecule has 3 rings (SSSR count). The Morgan fingerprint density at radius 1 is 0.967 bits per heavy atom. The van der Waals surface area contributed by atoms with Crippen molar-refractivity contribution in [2.45, 2.75) is 6.54 Å². The van der Waals surface area contributed by atoms with Crippen LogP contribution in [0, 0.1) is 0 Å². The van der Waals surface area contributed by atoms with Gasteiger partial charge in [0.05, 0.1) is 36.8 Å². The first-order valence-corrected chi connectivity index (χ1v) is 9.70. The second-order valence-corrected chi connectivity index (χ2v) is 6.88. The Bertz CT molecular complexity index is 1040. The molecule has 0 amide bonds. The van der Waals surface area contributed by atoms with Crippen LogP contribution < -0.4 is 10.2 Å². The van der Waals surface area contributed by atoms with Gasteiger partial charge in [-0.1, -0.05) is 18.2 Å². The number of benzene rings is 2. The maximum Gasteiger partial charge on any atom is 0.200 e. The van der Waals surface area contributed by atoms with Crippen molar-refractivity contribution in [2.24, 2.45) is 0 Å². The van der Waals surface area contributed by atoms with Gasteiger partial charge in [-0.3, -0.25) is 9.69 Å². The lowest BCUT2D eigenvalue weighted by atomic mass is 10.0. The molecule has 0 aliphatic rings. The third-order valence-corrected chi connectivity index (χ3v) is 5.02. The third kappa shape index (κ3) is 4.64. The van der Waals surface area contributed by atoms with Gasteiger partial charge < -0.3 is 23.7 Å². The van der Waals surface area contributed by atoms with Crippen molar-refractivity contribution >= 4 is 11.0 Å². The summed E-state index contributed by atoms with van der Waals surface area (Å²) >= 11 is 0. The summed E-state index contributed by atoms with van der Waals surface area (Å²) in [6.07, 6.45) is 1.43. The minimum Gasteiger partial charge on any atom is -0.507 e. The molecular formula is C23H27NO6. The molecule has 0 unspecified atom stereocenters. The number of para-hydroxylation sites is 1. The zero-order valence-electron chi connectivity index (χ0n) is 17.5. The van der Waals surface area contributed by atoms with E-state index in [-0.39, 0.29) is 11.2 Å². The van der Waals surface area contributed by atoms with Crippen LogP contribution in [0.2, 0.25) is 0 Å². The van der Waals surface area contributed by atoms with E-state index in [1.165, 1.54) is 12.3 Å². The number of methoxy groups -OCH3 is 3. The first kappa shape index (κ1) is 21.8. The molecule has 0 aliphatic carbocycles. The molecule has 0 saturated carbocycles. The van der Waals surface area contributed by atoms with E-state index in [0.717, 1.165) is 0 Å². The Labute approximate surface area is 175 Å². The summed E-state index contributed by atoms with van der Waals surface area (Å²) in [7, 11) is 4.84. The van der Waals surface area contributed by atoms with E-state index in [2.05, 4.69) is 4.90 Å². The van der Waals surface area contributed by atoms with Crippen molar-refractivity contribution in [3.63, 3.8) is 0 Å². The fourth-order valence-electron chi connectivity index (χ4n) is 3.39. The largest absolute Gasteiger partial charge is 0.507 e. The van der Waals surface area contributed by atoms with Gasteiger partial charge in [0.25, 0.3) is 0 Å². The van der Waals surface area contributed by atoms with Gasteiger partial charge in [0.15, 0.2) is 0 Å². The molecule has 0 bridgehead atoms. The highest BCUT2D eigenvalue weighted by molar-refractivity contribution is 5.86. The second-order valence-electron chi connectivity index (χ2n) is 6.88. The molecule has 2 aromatic carbocycles. The smallest absolute Gasteiger partial charge is 0.200 e. The predicted octanol–water partition coefficient (Wildman–Crippen LogP) is 3.27. The van der Waals surface area contributed by atoms with E-state index >= 15 is 0 Å². The van der Waals surface area contributed by atoms with Crippen LogP contribution in [0.3, 0.4) is 0 Å². The summed E-state index contributed by atoms with van der Waals surface area (Å²) in [5, 5.41) is 10.9. The highest BCUT2D eigenvalue weighted by Crippen LogP contribution is 2.32. The summed E-state index contributed by atoms with van der Waals surface area (Å²) in [4.78, 5) is 15.3. The fourth-order valence-corrected chi connectivity index (χ4v) is 3.39. The summed E-state index contributed by atoms with van der Waals surface area (Å²) in [5.41, 5.74) is 1.82. The number of ether oxygens (including phenoxy) is 3. The van der Waals surface area contributed by atoms with Crippen LogP contribution in [0.4, 0.5) is 0 Å². The summed E-state index contributed by atoms with van der Waals surface area (Å²) in [6, 6.07) is 10.4. The van der Waals surface area contributed by atoms with Gasteiger partial charge in [0.1, 0.15) is 23.3 Å². The predicted molar refractivity (Wildman–Crippen MR) is 115 cm³/mol. The zero-order valence-corrected chi connectivity index (χ0v) is 17.5. The van der Waals surface area contributed by atoms with Gasteiger partial charge in [0, 0.05) is 39.4 Å². The number of phenols is 1. The van der Waals surface area contributed by atoms with Crippen LogP contribution in [0.25, 0.3) is 22.1 Å². The number of hydrogen-bond donors (Lipinski definition) is 1. The van der Waals surface area contributed by atoms with Crippen LogP contribution >= 0.6 is 0 Å². The lowest BCUT2D eigenvalue weighted by Crippen LogP contribution is -2.30. The lowest BCUT2D eigenvalue weighted by Gasteiger charge is -2.22. The van der Waals surface area contributed by atoms with Gasteiger partial charge in [-0.25, -0.2) is 0 Å². The molecule has 30 heavy (non-hydrogen) atoms. The van der Waals surface area contributed by atoms with Gasteiger partial charge in [0.2, 0.25) is 5.43 Å². The lowest BCUT2D eigenvalue weighted by molar-refractivity contribution is 0.110. The van der Waals surface area contributed by atoms with Crippen LogP contribution in [0.1, 0.15) is 5.56 Å². The molecule has 0 aliphatic heterocycles. The first-order chi connectivity index (χ1) is 14.6. The standard InChI is InChI=1S/C23H27NO6/c1-27-12-10-24(11-13-28-2)14-18-20(25)9-8-17-22(26)19(15-30-23(17)18)16-6-4-5-7-21(16)29-3/h4-9,15,25H,10-14H2,1-3H3. The van der Waals surface area contributed by atoms with E-state index in [9.17, 15) is 9.90 Å². The maximum absolute atomic E-state index is 13.2. The SMILES string of the molecule is COCCN(CCOC)Cc1c(O)ccc2c(=O)c(-c3ccccc3OC)coc12.